The van der Waals surface area contributed by atoms with E-state index in [1.165, 1.54) is 41.7 Å². The van der Waals surface area contributed by atoms with E-state index < -0.39 is 11.7 Å². The van der Waals surface area contributed by atoms with Crippen molar-refractivity contribution in [2.24, 2.45) is 0 Å². The number of rotatable bonds is 5. The lowest BCUT2D eigenvalue weighted by atomic mass is 10.1. The number of imidazole rings is 1. The second kappa shape index (κ2) is 7.16. The zero-order chi connectivity index (χ0) is 18.8. The highest BCUT2D eigenvalue weighted by molar-refractivity contribution is 7.15. The number of hydrogen-bond acceptors (Lipinski definition) is 4. The van der Waals surface area contributed by atoms with Gasteiger partial charge in [0.25, 0.3) is 5.91 Å². The van der Waals surface area contributed by atoms with E-state index in [2.05, 4.69) is 10.3 Å². The first-order chi connectivity index (χ1) is 13.1. The lowest BCUT2D eigenvalue weighted by Crippen LogP contribution is -2.21. The Balaban J connectivity index is 1.58. The van der Waals surface area contributed by atoms with Crippen LogP contribution in [0.15, 0.2) is 60.1 Å². The van der Waals surface area contributed by atoms with Crippen molar-refractivity contribution < 1.29 is 18.3 Å². The van der Waals surface area contributed by atoms with Gasteiger partial charge in [0, 0.05) is 17.1 Å². The number of thiazole rings is 1. The highest BCUT2D eigenvalue weighted by atomic mass is 32.1. The first kappa shape index (κ1) is 17.2. The molecule has 0 spiro atoms. The third kappa shape index (κ3) is 3.52. The molecule has 1 N–H and O–H groups in total. The molecule has 1 amide bonds. The fraction of sp³-hybridized carbons (Fsp3) is 0.0526. The summed E-state index contributed by atoms with van der Waals surface area (Å²) in [6.45, 7) is -0.360. The van der Waals surface area contributed by atoms with Gasteiger partial charge in [-0.2, -0.15) is 0 Å². The van der Waals surface area contributed by atoms with E-state index in [-0.39, 0.29) is 18.2 Å². The molecule has 0 radical (unpaired) electrons. The summed E-state index contributed by atoms with van der Waals surface area (Å²) in [5.41, 5.74) is 1.18. The van der Waals surface area contributed by atoms with Crippen molar-refractivity contribution in [3.05, 3.63) is 71.7 Å². The topological polar surface area (TPSA) is 55.6 Å². The maximum Gasteiger partial charge on any atom is 0.263 e. The van der Waals surface area contributed by atoms with Crippen molar-refractivity contribution in [2.75, 3.05) is 11.9 Å². The number of nitrogens with one attached hydrogen (secondary N) is 1. The molecule has 136 valence electrons. The number of halogens is 2. The van der Waals surface area contributed by atoms with Crippen LogP contribution < -0.4 is 10.1 Å². The highest BCUT2D eigenvalue weighted by Gasteiger charge is 2.18. The average Bonchev–Trinajstić information content (AvgIpc) is 3.24. The molecular formula is C19H13F2N3O2S. The molecule has 0 unspecified atom stereocenters. The number of benzene rings is 2. The molecule has 0 aliphatic carbocycles. The Morgan fingerprint density at radius 3 is 2.70 bits per heavy atom. The molecule has 2 aromatic heterocycles. The standard InChI is InChI=1S/C19H13F2N3O2S/c20-13-7-5-12(6-8-13)17-18(24-9-10-27-19(24)23-17)22-16(25)11-26-15-4-2-1-3-14(15)21/h1-10H,11H2,(H,22,25). The minimum absolute atomic E-state index is 0.000345. The molecule has 0 bridgehead atoms. The van der Waals surface area contributed by atoms with Crippen molar-refractivity contribution in [2.45, 2.75) is 0 Å². The predicted octanol–water partition coefficient (Wildman–Crippen LogP) is 4.36. The van der Waals surface area contributed by atoms with E-state index in [9.17, 15) is 13.6 Å². The number of amides is 1. The summed E-state index contributed by atoms with van der Waals surface area (Å²) in [4.78, 5) is 17.5. The summed E-state index contributed by atoms with van der Waals surface area (Å²) in [6, 6.07) is 11.7. The van der Waals surface area contributed by atoms with Gasteiger partial charge >= 0.3 is 0 Å². The van der Waals surface area contributed by atoms with Gasteiger partial charge in [0.05, 0.1) is 0 Å². The van der Waals surface area contributed by atoms with Gasteiger partial charge in [-0.05, 0) is 36.4 Å². The van der Waals surface area contributed by atoms with Crippen LogP contribution in [0.2, 0.25) is 0 Å². The van der Waals surface area contributed by atoms with Crippen LogP contribution in [0.25, 0.3) is 16.2 Å². The second-order valence-electron chi connectivity index (χ2n) is 5.64. The van der Waals surface area contributed by atoms with Gasteiger partial charge in [-0.1, -0.05) is 12.1 Å². The summed E-state index contributed by atoms with van der Waals surface area (Å²) >= 11 is 1.41. The van der Waals surface area contributed by atoms with E-state index in [1.54, 1.807) is 28.8 Å². The highest BCUT2D eigenvalue weighted by Crippen LogP contribution is 2.30. The SMILES string of the molecule is O=C(COc1ccccc1F)Nc1c(-c2ccc(F)cc2)nc2sccn12. The van der Waals surface area contributed by atoms with Gasteiger partial charge < -0.3 is 10.1 Å². The maximum atomic E-state index is 13.6. The molecule has 8 heteroatoms. The van der Waals surface area contributed by atoms with Gasteiger partial charge in [0.1, 0.15) is 17.3 Å². The summed E-state index contributed by atoms with van der Waals surface area (Å²) in [5.74, 6) is -0.916. The third-order valence-electron chi connectivity index (χ3n) is 3.83. The molecule has 0 aliphatic heterocycles. The van der Waals surface area contributed by atoms with Crippen LogP contribution in [0, 0.1) is 11.6 Å². The number of fused-ring (bicyclic) bond motifs is 1. The molecule has 5 nitrogen and oxygen atoms in total. The largest absolute Gasteiger partial charge is 0.481 e. The number of carbonyl (C=O) groups excluding carboxylic acids is 1. The van der Waals surface area contributed by atoms with Crippen LogP contribution in [-0.2, 0) is 4.79 Å². The minimum atomic E-state index is -0.540. The number of aromatic nitrogens is 2. The molecule has 0 saturated heterocycles. The predicted molar refractivity (Wildman–Crippen MR) is 99.0 cm³/mol. The van der Waals surface area contributed by atoms with Crippen molar-refractivity contribution in [3.8, 4) is 17.0 Å². The number of anilines is 1. The Morgan fingerprint density at radius 1 is 1.15 bits per heavy atom. The third-order valence-corrected chi connectivity index (χ3v) is 4.59. The fourth-order valence-electron chi connectivity index (χ4n) is 2.59. The normalized spacial score (nSPS) is 10.9. The van der Waals surface area contributed by atoms with Crippen LogP contribution in [0.5, 0.6) is 5.75 Å². The first-order valence-electron chi connectivity index (χ1n) is 8.00. The van der Waals surface area contributed by atoms with E-state index in [0.29, 0.717) is 22.0 Å². The molecule has 2 aromatic carbocycles. The maximum absolute atomic E-state index is 13.6. The molecule has 4 rings (SSSR count). The Kier molecular flexibility index (Phi) is 4.55. The Labute approximate surface area is 156 Å². The molecule has 4 aromatic rings. The number of hydrogen-bond donors (Lipinski definition) is 1. The van der Waals surface area contributed by atoms with Crippen LogP contribution in [0.4, 0.5) is 14.6 Å². The zero-order valence-corrected chi connectivity index (χ0v) is 14.7. The van der Waals surface area contributed by atoms with Gasteiger partial charge in [-0.3, -0.25) is 9.20 Å². The summed E-state index contributed by atoms with van der Waals surface area (Å²) in [7, 11) is 0. The fourth-order valence-corrected chi connectivity index (χ4v) is 3.30. The van der Waals surface area contributed by atoms with E-state index in [1.807, 2.05) is 5.38 Å². The summed E-state index contributed by atoms with van der Waals surface area (Å²) < 4.78 is 33.8. The molecular weight excluding hydrogens is 372 g/mol. The van der Waals surface area contributed by atoms with E-state index >= 15 is 0 Å². The molecule has 0 saturated carbocycles. The Bertz CT molecular complexity index is 1110. The van der Waals surface area contributed by atoms with Crippen molar-refractivity contribution in [3.63, 3.8) is 0 Å². The van der Waals surface area contributed by atoms with Gasteiger partial charge in [0.15, 0.2) is 23.1 Å². The first-order valence-corrected chi connectivity index (χ1v) is 8.88. The van der Waals surface area contributed by atoms with E-state index in [0.717, 1.165) is 0 Å². The van der Waals surface area contributed by atoms with Gasteiger partial charge in [-0.15, -0.1) is 11.3 Å². The van der Waals surface area contributed by atoms with Crippen LogP contribution in [0.3, 0.4) is 0 Å². The summed E-state index contributed by atoms with van der Waals surface area (Å²) in [6.07, 6.45) is 1.77. The molecule has 0 aliphatic rings. The zero-order valence-electron chi connectivity index (χ0n) is 13.9. The van der Waals surface area contributed by atoms with Crippen molar-refractivity contribution in [1.82, 2.24) is 9.38 Å². The van der Waals surface area contributed by atoms with Crippen LogP contribution >= 0.6 is 11.3 Å². The lowest BCUT2D eigenvalue weighted by Gasteiger charge is -2.09. The lowest BCUT2D eigenvalue weighted by molar-refractivity contribution is -0.118. The van der Waals surface area contributed by atoms with E-state index in [4.69, 9.17) is 4.74 Å². The van der Waals surface area contributed by atoms with Crippen LogP contribution in [-0.4, -0.2) is 21.9 Å². The number of nitrogens with zero attached hydrogens (tertiary/aromatic N) is 2. The second-order valence-corrected chi connectivity index (χ2v) is 6.51. The molecule has 0 atom stereocenters. The quantitative estimate of drug-likeness (QED) is 0.555. The van der Waals surface area contributed by atoms with Crippen molar-refractivity contribution >= 4 is 28.0 Å². The smallest absolute Gasteiger partial charge is 0.263 e. The number of para-hydroxylation sites is 1. The van der Waals surface area contributed by atoms with Gasteiger partial charge in [0.2, 0.25) is 0 Å². The summed E-state index contributed by atoms with van der Waals surface area (Å²) in [5, 5.41) is 4.59. The Morgan fingerprint density at radius 2 is 1.93 bits per heavy atom. The Hall–Kier alpha value is -3.26. The monoisotopic (exact) mass is 385 g/mol. The molecule has 2 heterocycles. The molecule has 0 fully saturated rings. The van der Waals surface area contributed by atoms with Gasteiger partial charge in [-0.25, -0.2) is 13.8 Å². The van der Waals surface area contributed by atoms with Crippen molar-refractivity contribution in [1.29, 1.82) is 0 Å². The molecule has 27 heavy (non-hydrogen) atoms. The number of ether oxygens (including phenoxy) is 1. The van der Waals surface area contributed by atoms with Crippen LogP contribution in [0.1, 0.15) is 0 Å². The number of carbonyl (C=O) groups is 1. The average molecular weight is 385 g/mol. The minimum Gasteiger partial charge on any atom is -0.481 e.